The van der Waals surface area contributed by atoms with Crippen molar-refractivity contribution in [3.05, 3.63) is 0 Å². The number of carboxylic acid groups (broad SMARTS) is 1. The average Bonchev–Trinajstić information content (AvgIpc) is 2.39. The van der Waals surface area contributed by atoms with E-state index in [1.54, 1.807) is 6.92 Å². The van der Waals surface area contributed by atoms with Crippen LogP contribution in [0.5, 0.6) is 0 Å². The fourth-order valence-electron chi connectivity index (χ4n) is 2.33. The van der Waals surface area contributed by atoms with Crippen LogP contribution < -0.4 is 5.32 Å². The third kappa shape index (κ3) is 5.59. The second-order valence-corrected chi connectivity index (χ2v) is 5.23. The molecule has 0 radical (unpaired) electrons. The summed E-state index contributed by atoms with van der Waals surface area (Å²) in [6, 6.07) is 0. The molecule has 1 fully saturated rings. The van der Waals surface area contributed by atoms with Gasteiger partial charge in [-0.3, -0.25) is 9.59 Å². The minimum Gasteiger partial charge on any atom is -0.481 e. The van der Waals surface area contributed by atoms with E-state index in [1.165, 1.54) is 0 Å². The number of aliphatic carboxylic acids is 1. The monoisotopic (exact) mass is 271 g/mol. The van der Waals surface area contributed by atoms with Gasteiger partial charge in [-0.1, -0.05) is 13.3 Å². The van der Waals surface area contributed by atoms with E-state index in [-0.39, 0.29) is 17.9 Å². The van der Waals surface area contributed by atoms with Crippen LogP contribution in [0.3, 0.4) is 0 Å². The van der Waals surface area contributed by atoms with E-state index < -0.39 is 12.1 Å². The maximum absolute atomic E-state index is 11.7. The maximum Gasteiger partial charge on any atom is 0.306 e. The molecule has 0 bridgehead atoms. The normalized spacial score (nSPS) is 24.7. The van der Waals surface area contributed by atoms with Crippen LogP contribution >= 0.6 is 0 Å². The average molecular weight is 271 g/mol. The summed E-state index contributed by atoms with van der Waals surface area (Å²) >= 11 is 0. The Hall–Kier alpha value is -1.10. The number of carbonyl (C=O) groups excluding carboxylic acids is 1. The van der Waals surface area contributed by atoms with Gasteiger partial charge in [0.15, 0.2) is 0 Å². The summed E-state index contributed by atoms with van der Waals surface area (Å²) in [5.41, 5.74) is 0. The lowest BCUT2D eigenvalue weighted by molar-refractivity contribution is -0.146. The van der Waals surface area contributed by atoms with Crippen LogP contribution in [0.15, 0.2) is 0 Å². The Kier molecular flexibility index (Phi) is 6.84. The Labute approximate surface area is 114 Å². The molecule has 1 aliphatic rings. The number of ether oxygens (including phenoxy) is 1. The highest BCUT2D eigenvalue weighted by Gasteiger charge is 2.28. The molecule has 0 aromatic carbocycles. The Morgan fingerprint density at radius 3 is 2.47 bits per heavy atom. The number of nitrogens with one attached hydrogen (secondary N) is 1. The first-order chi connectivity index (χ1) is 9.04. The molecule has 0 spiro atoms. The standard InChI is InChI=1S/C14H25NO4/c1-3-4-9-15-13(16)10(2)19-12-7-5-11(6-8-12)14(17)18/h10-12H,3-9H2,1-2H3,(H,15,16)(H,17,18). The number of carboxylic acids is 1. The Morgan fingerprint density at radius 1 is 1.32 bits per heavy atom. The van der Waals surface area contributed by atoms with Crippen LogP contribution in [0.1, 0.15) is 52.4 Å². The van der Waals surface area contributed by atoms with Crippen molar-refractivity contribution in [2.75, 3.05) is 6.54 Å². The van der Waals surface area contributed by atoms with Crippen molar-refractivity contribution < 1.29 is 19.4 Å². The lowest BCUT2D eigenvalue weighted by Gasteiger charge is -2.28. The summed E-state index contributed by atoms with van der Waals surface area (Å²) in [5, 5.41) is 11.8. The van der Waals surface area contributed by atoms with Gasteiger partial charge in [-0.15, -0.1) is 0 Å². The second-order valence-electron chi connectivity index (χ2n) is 5.23. The van der Waals surface area contributed by atoms with Gasteiger partial charge < -0.3 is 15.2 Å². The van der Waals surface area contributed by atoms with Gasteiger partial charge in [0.1, 0.15) is 6.10 Å². The first-order valence-electron chi connectivity index (χ1n) is 7.20. The van der Waals surface area contributed by atoms with Crippen molar-refractivity contribution in [2.24, 2.45) is 5.92 Å². The fraction of sp³-hybridized carbons (Fsp3) is 0.857. The highest BCUT2D eigenvalue weighted by Crippen LogP contribution is 2.27. The third-order valence-electron chi connectivity index (χ3n) is 3.62. The molecule has 1 saturated carbocycles. The molecule has 0 aromatic heterocycles. The van der Waals surface area contributed by atoms with E-state index in [1.807, 2.05) is 0 Å². The summed E-state index contributed by atoms with van der Waals surface area (Å²) in [7, 11) is 0. The Bertz CT molecular complexity index is 298. The van der Waals surface area contributed by atoms with E-state index >= 15 is 0 Å². The van der Waals surface area contributed by atoms with E-state index in [4.69, 9.17) is 9.84 Å². The lowest BCUT2D eigenvalue weighted by Crippen LogP contribution is -2.38. The quantitative estimate of drug-likeness (QED) is 0.694. The van der Waals surface area contributed by atoms with Crippen molar-refractivity contribution in [1.29, 1.82) is 0 Å². The zero-order valence-corrected chi connectivity index (χ0v) is 11.9. The molecular formula is C14H25NO4. The predicted molar refractivity (Wildman–Crippen MR) is 71.8 cm³/mol. The largest absolute Gasteiger partial charge is 0.481 e. The molecule has 1 atom stereocenters. The number of carbonyl (C=O) groups is 2. The molecule has 1 aliphatic carbocycles. The molecular weight excluding hydrogens is 246 g/mol. The summed E-state index contributed by atoms with van der Waals surface area (Å²) in [6.07, 6.45) is 4.32. The highest BCUT2D eigenvalue weighted by atomic mass is 16.5. The van der Waals surface area contributed by atoms with Crippen molar-refractivity contribution in [3.8, 4) is 0 Å². The van der Waals surface area contributed by atoms with Crippen molar-refractivity contribution >= 4 is 11.9 Å². The van der Waals surface area contributed by atoms with E-state index in [0.717, 1.165) is 25.7 Å². The van der Waals surface area contributed by atoms with Crippen LogP contribution in [-0.4, -0.2) is 35.7 Å². The van der Waals surface area contributed by atoms with Crippen molar-refractivity contribution in [1.82, 2.24) is 5.32 Å². The Morgan fingerprint density at radius 2 is 1.95 bits per heavy atom. The molecule has 2 N–H and O–H groups in total. The zero-order chi connectivity index (χ0) is 14.3. The first-order valence-corrected chi connectivity index (χ1v) is 7.20. The molecule has 1 amide bonds. The van der Waals surface area contributed by atoms with Gasteiger partial charge in [-0.25, -0.2) is 0 Å². The molecule has 19 heavy (non-hydrogen) atoms. The minimum atomic E-state index is -0.719. The maximum atomic E-state index is 11.7. The molecule has 5 nitrogen and oxygen atoms in total. The summed E-state index contributed by atoms with van der Waals surface area (Å²) in [5.74, 6) is -1.04. The van der Waals surface area contributed by atoms with E-state index in [9.17, 15) is 9.59 Å². The molecule has 0 aliphatic heterocycles. The van der Waals surface area contributed by atoms with Crippen molar-refractivity contribution in [2.45, 2.75) is 64.6 Å². The molecule has 1 rings (SSSR count). The lowest BCUT2D eigenvalue weighted by atomic mass is 9.87. The molecule has 1 unspecified atom stereocenters. The number of unbranched alkanes of at least 4 members (excludes halogenated alkanes) is 1. The minimum absolute atomic E-state index is 0.0162. The number of hydrogen-bond donors (Lipinski definition) is 2. The third-order valence-corrected chi connectivity index (χ3v) is 3.62. The summed E-state index contributed by atoms with van der Waals surface area (Å²) in [4.78, 5) is 22.6. The fourth-order valence-corrected chi connectivity index (χ4v) is 2.33. The molecule has 0 saturated heterocycles. The van der Waals surface area contributed by atoms with Crippen molar-refractivity contribution in [3.63, 3.8) is 0 Å². The van der Waals surface area contributed by atoms with Gasteiger partial charge >= 0.3 is 5.97 Å². The van der Waals surface area contributed by atoms with Gasteiger partial charge in [-0.05, 0) is 39.0 Å². The topological polar surface area (TPSA) is 75.6 Å². The number of rotatable bonds is 7. The van der Waals surface area contributed by atoms with Gasteiger partial charge in [-0.2, -0.15) is 0 Å². The molecule has 5 heteroatoms. The van der Waals surface area contributed by atoms with Gasteiger partial charge in [0.05, 0.1) is 12.0 Å². The molecule has 0 heterocycles. The highest BCUT2D eigenvalue weighted by molar-refractivity contribution is 5.80. The second kappa shape index (κ2) is 8.15. The van der Waals surface area contributed by atoms with E-state index in [0.29, 0.717) is 19.4 Å². The first kappa shape index (κ1) is 16.0. The van der Waals surface area contributed by atoms with Gasteiger partial charge in [0.2, 0.25) is 5.91 Å². The predicted octanol–water partition coefficient (Wildman–Crippen LogP) is 1.95. The van der Waals surface area contributed by atoms with Crippen LogP contribution in [0.4, 0.5) is 0 Å². The molecule has 110 valence electrons. The number of hydrogen-bond acceptors (Lipinski definition) is 3. The van der Waals surface area contributed by atoms with E-state index in [2.05, 4.69) is 12.2 Å². The summed E-state index contributed by atoms with van der Waals surface area (Å²) in [6.45, 7) is 4.52. The zero-order valence-electron chi connectivity index (χ0n) is 11.9. The van der Waals surface area contributed by atoms with Gasteiger partial charge in [0, 0.05) is 6.54 Å². The van der Waals surface area contributed by atoms with Gasteiger partial charge in [0.25, 0.3) is 0 Å². The Balaban J connectivity index is 2.24. The van der Waals surface area contributed by atoms with Crippen LogP contribution in [0.2, 0.25) is 0 Å². The van der Waals surface area contributed by atoms with Crippen LogP contribution in [0.25, 0.3) is 0 Å². The number of amides is 1. The summed E-state index contributed by atoms with van der Waals surface area (Å²) < 4.78 is 5.71. The van der Waals surface area contributed by atoms with Crippen LogP contribution in [0, 0.1) is 5.92 Å². The van der Waals surface area contributed by atoms with Crippen LogP contribution in [-0.2, 0) is 14.3 Å². The smallest absolute Gasteiger partial charge is 0.306 e. The SMILES string of the molecule is CCCCNC(=O)C(C)OC1CCC(C(=O)O)CC1. The molecule has 0 aromatic rings.